The quantitative estimate of drug-likeness (QED) is 0.724. The summed E-state index contributed by atoms with van der Waals surface area (Å²) in [5.41, 5.74) is 0.310. The highest BCUT2D eigenvalue weighted by Gasteiger charge is 2.28. The van der Waals surface area contributed by atoms with E-state index in [1.54, 1.807) is 0 Å². The zero-order valence-electron chi connectivity index (χ0n) is 13.4. The number of nitrogens with zero attached hydrogens (tertiary/aromatic N) is 1. The van der Waals surface area contributed by atoms with Crippen LogP contribution in [0.4, 0.5) is 23.7 Å². The van der Waals surface area contributed by atoms with Crippen LogP contribution in [0, 0.1) is 0 Å². The van der Waals surface area contributed by atoms with Crippen LogP contribution in [-0.2, 0) is 9.84 Å². The number of urea groups is 1. The molecule has 0 saturated carbocycles. The predicted octanol–water partition coefficient (Wildman–Crippen LogP) is 2.10. The Kier molecular flexibility index (Phi) is 7.03. The molecule has 136 valence electrons. The Morgan fingerprint density at radius 1 is 1.29 bits per heavy atom. The first-order valence-electron chi connectivity index (χ1n) is 7.07. The smallest absolute Gasteiger partial charge is 0.338 e. The third-order valence-corrected chi connectivity index (χ3v) is 4.08. The Morgan fingerprint density at radius 2 is 1.96 bits per heavy atom. The summed E-state index contributed by atoms with van der Waals surface area (Å²) in [6.45, 7) is -0.624. The minimum absolute atomic E-state index is 0.0778. The van der Waals surface area contributed by atoms with Crippen molar-refractivity contribution in [1.82, 2.24) is 10.2 Å². The summed E-state index contributed by atoms with van der Waals surface area (Å²) in [4.78, 5) is 12.9. The first-order chi connectivity index (χ1) is 11.0. The van der Waals surface area contributed by atoms with Gasteiger partial charge in [0.05, 0.1) is 11.4 Å². The Balaban J connectivity index is 2.37. The van der Waals surface area contributed by atoms with Crippen molar-refractivity contribution in [2.45, 2.75) is 17.5 Å². The second-order valence-corrected chi connectivity index (χ2v) is 7.40. The molecule has 2 N–H and O–H groups in total. The highest BCUT2D eigenvalue weighted by Crippen LogP contribution is 2.16. The number of rotatable bonds is 7. The number of amides is 2. The molecule has 0 fully saturated rings. The van der Waals surface area contributed by atoms with Crippen LogP contribution in [0.2, 0.25) is 0 Å². The van der Waals surface area contributed by atoms with Gasteiger partial charge in [-0.1, -0.05) is 6.07 Å². The van der Waals surface area contributed by atoms with Gasteiger partial charge in [-0.05, 0) is 38.2 Å². The van der Waals surface area contributed by atoms with Crippen LogP contribution < -0.4 is 10.6 Å². The van der Waals surface area contributed by atoms with Crippen molar-refractivity contribution < 1.29 is 26.4 Å². The molecule has 0 spiro atoms. The summed E-state index contributed by atoms with van der Waals surface area (Å²) in [6.07, 6.45) is -2.84. The maximum absolute atomic E-state index is 12.1. The maximum Gasteiger partial charge on any atom is 0.401 e. The SMILES string of the molecule is CN(CCCNC(=O)Nc1cccc(S(C)(=O)=O)c1)CC(F)(F)F. The lowest BCUT2D eigenvalue weighted by atomic mass is 10.3. The molecule has 0 saturated heterocycles. The number of carbonyl (C=O) groups excluding carboxylic acids is 1. The second-order valence-electron chi connectivity index (χ2n) is 5.39. The van der Waals surface area contributed by atoms with Gasteiger partial charge in [0.1, 0.15) is 0 Å². The molecule has 6 nitrogen and oxygen atoms in total. The molecular weight excluding hydrogens is 347 g/mol. The summed E-state index contributed by atoms with van der Waals surface area (Å²) >= 11 is 0. The Hall–Kier alpha value is -1.81. The fraction of sp³-hybridized carbons (Fsp3) is 0.500. The van der Waals surface area contributed by atoms with Gasteiger partial charge in [0.15, 0.2) is 9.84 Å². The normalized spacial score (nSPS) is 12.2. The first kappa shape index (κ1) is 20.2. The molecule has 24 heavy (non-hydrogen) atoms. The monoisotopic (exact) mass is 367 g/mol. The summed E-state index contributed by atoms with van der Waals surface area (Å²) in [5, 5.41) is 4.97. The summed E-state index contributed by atoms with van der Waals surface area (Å²) in [6, 6.07) is 5.21. The zero-order valence-corrected chi connectivity index (χ0v) is 14.2. The van der Waals surface area contributed by atoms with Crippen molar-refractivity contribution in [3.05, 3.63) is 24.3 Å². The molecule has 0 heterocycles. The second kappa shape index (κ2) is 8.34. The zero-order chi connectivity index (χ0) is 18.4. The molecule has 0 aliphatic heterocycles. The molecule has 0 atom stereocenters. The number of hydrogen-bond donors (Lipinski definition) is 2. The lowest BCUT2D eigenvalue weighted by molar-refractivity contribution is -0.143. The van der Waals surface area contributed by atoms with E-state index in [9.17, 15) is 26.4 Å². The Morgan fingerprint density at radius 3 is 2.54 bits per heavy atom. The third kappa shape index (κ3) is 8.16. The molecule has 1 aromatic rings. The average molecular weight is 367 g/mol. The highest BCUT2D eigenvalue weighted by atomic mass is 32.2. The van der Waals surface area contributed by atoms with Crippen LogP contribution in [0.5, 0.6) is 0 Å². The molecule has 2 amide bonds. The molecule has 1 aromatic carbocycles. The van der Waals surface area contributed by atoms with E-state index >= 15 is 0 Å². The lowest BCUT2D eigenvalue weighted by Gasteiger charge is -2.18. The fourth-order valence-electron chi connectivity index (χ4n) is 1.92. The largest absolute Gasteiger partial charge is 0.401 e. The van der Waals surface area contributed by atoms with E-state index < -0.39 is 28.6 Å². The van der Waals surface area contributed by atoms with E-state index in [0.29, 0.717) is 12.1 Å². The standard InChI is InChI=1S/C14H20F3N3O3S/c1-20(10-14(15,16)17)8-4-7-18-13(21)19-11-5-3-6-12(9-11)24(2,22)23/h3,5-6,9H,4,7-8,10H2,1-2H3,(H2,18,19,21). The Labute approximate surface area is 138 Å². The van der Waals surface area contributed by atoms with E-state index in [0.717, 1.165) is 11.2 Å². The van der Waals surface area contributed by atoms with E-state index in [4.69, 9.17) is 0 Å². The minimum atomic E-state index is -4.25. The van der Waals surface area contributed by atoms with Gasteiger partial charge in [-0.3, -0.25) is 4.90 Å². The number of anilines is 1. The van der Waals surface area contributed by atoms with E-state index in [1.807, 2.05) is 0 Å². The number of carbonyl (C=O) groups is 1. The summed E-state index contributed by atoms with van der Waals surface area (Å²) in [5.74, 6) is 0. The maximum atomic E-state index is 12.1. The topological polar surface area (TPSA) is 78.5 Å². The van der Waals surface area contributed by atoms with Crippen LogP contribution in [0.3, 0.4) is 0 Å². The molecule has 0 radical (unpaired) electrons. The number of halogens is 3. The van der Waals surface area contributed by atoms with Crippen LogP contribution in [-0.4, -0.2) is 58.5 Å². The van der Waals surface area contributed by atoms with Crippen molar-refractivity contribution in [2.24, 2.45) is 0 Å². The molecule has 0 aliphatic carbocycles. The van der Waals surface area contributed by atoms with E-state index in [-0.39, 0.29) is 18.0 Å². The predicted molar refractivity (Wildman–Crippen MR) is 84.7 cm³/mol. The molecule has 1 rings (SSSR count). The molecule has 0 aliphatic rings. The summed E-state index contributed by atoms with van der Waals surface area (Å²) in [7, 11) is -2.02. The van der Waals surface area contributed by atoms with Crippen molar-refractivity contribution in [3.63, 3.8) is 0 Å². The van der Waals surface area contributed by atoms with Gasteiger partial charge in [0, 0.05) is 18.5 Å². The van der Waals surface area contributed by atoms with Gasteiger partial charge in [-0.15, -0.1) is 0 Å². The van der Waals surface area contributed by atoms with Crippen LogP contribution in [0.1, 0.15) is 6.42 Å². The van der Waals surface area contributed by atoms with Gasteiger partial charge < -0.3 is 10.6 Å². The number of hydrogen-bond acceptors (Lipinski definition) is 4. The highest BCUT2D eigenvalue weighted by molar-refractivity contribution is 7.90. The van der Waals surface area contributed by atoms with E-state index in [1.165, 1.54) is 31.3 Å². The van der Waals surface area contributed by atoms with Crippen molar-refractivity contribution in [1.29, 1.82) is 0 Å². The fourth-order valence-corrected chi connectivity index (χ4v) is 2.58. The van der Waals surface area contributed by atoms with Crippen molar-refractivity contribution in [3.8, 4) is 0 Å². The first-order valence-corrected chi connectivity index (χ1v) is 8.97. The molecular formula is C14H20F3N3O3S. The number of benzene rings is 1. The lowest BCUT2D eigenvalue weighted by Crippen LogP contribution is -2.34. The van der Waals surface area contributed by atoms with Gasteiger partial charge >= 0.3 is 12.2 Å². The van der Waals surface area contributed by atoms with Crippen LogP contribution >= 0.6 is 0 Å². The van der Waals surface area contributed by atoms with Gasteiger partial charge in [-0.2, -0.15) is 13.2 Å². The number of nitrogens with one attached hydrogen (secondary N) is 2. The minimum Gasteiger partial charge on any atom is -0.338 e. The molecule has 0 unspecified atom stereocenters. The van der Waals surface area contributed by atoms with Crippen LogP contribution in [0.25, 0.3) is 0 Å². The van der Waals surface area contributed by atoms with Crippen molar-refractivity contribution >= 4 is 21.6 Å². The van der Waals surface area contributed by atoms with Gasteiger partial charge in [0.2, 0.25) is 0 Å². The number of sulfone groups is 1. The summed E-state index contributed by atoms with van der Waals surface area (Å²) < 4.78 is 59.3. The number of alkyl halides is 3. The molecule has 0 aromatic heterocycles. The third-order valence-electron chi connectivity index (χ3n) is 2.97. The molecule has 10 heteroatoms. The average Bonchev–Trinajstić information content (AvgIpc) is 2.41. The van der Waals surface area contributed by atoms with E-state index in [2.05, 4.69) is 10.6 Å². The van der Waals surface area contributed by atoms with Gasteiger partial charge in [0.25, 0.3) is 0 Å². The van der Waals surface area contributed by atoms with Gasteiger partial charge in [-0.25, -0.2) is 13.2 Å². The molecule has 0 bridgehead atoms. The Bertz CT molecular complexity index is 663. The van der Waals surface area contributed by atoms with Crippen LogP contribution in [0.15, 0.2) is 29.2 Å². The van der Waals surface area contributed by atoms with Crippen molar-refractivity contribution in [2.75, 3.05) is 38.3 Å².